The summed E-state index contributed by atoms with van der Waals surface area (Å²) < 4.78 is 18.4. The third-order valence-electron chi connectivity index (χ3n) is 2.42. The molecule has 0 saturated heterocycles. The summed E-state index contributed by atoms with van der Waals surface area (Å²) in [4.78, 5) is 10.2. The van der Waals surface area contributed by atoms with Gasteiger partial charge in [-0.1, -0.05) is 12.1 Å². The van der Waals surface area contributed by atoms with Gasteiger partial charge in [-0.2, -0.15) is 0 Å². The number of hydrogen-bond donors (Lipinski definition) is 0. The molecule has 0 aliphatic heterocycles. The van der Waals surface area contributed by atoms with Crippen LogP contribution in [-0.4, -0.2) is 4.92 Å². The summed E-state index contributed by atoms with van der Waals surface area (Å²) in [6.07, 6.45) is 0. The van der Waals surface area contributed by atoms with E-state index < -0.39 is 10.7 Å². The van der Waals surface area contributed by atoms with Crippen molar-refractivity contribution in [1.29, 1.82) is 0 Å². The van der Waals surface area contributed by atoms with E-state index in [0.29, 0.717) is 11.6 Å². The number of nitrogens with zero attached hydrogens (tertiary/aromatic N) is 1. The molecule has 0 radical (unpaired) electrons. The molecule has 0 aliphatic carbocycles. The van der Waals surface area contributed by atoms with Crippen LogP contribution < -0.4 is 4.74 Å². The van der Waals surface area contributed by atoms with Gasteiger partial charge in [0.2, 0.25) is 5.75 Å². The van der Waals surface area contributed by atoms with Gasteiger partial charge in [0.1, 0.15) is 11.6 Å². The highest BCUT2D eigenvalue weighted by molar-refractivity contribution is 6.17. The van der Waals surface area contributed by atoms with Crippen LogP contribution in [0.2, 0.25) is 0 Å². The number of nitro groups is 1. The van der Waals surface area contributed by atoms with E-state index >= 15 is 0 Å². The van der Waals surface area contributed by atoms with Crippen molar-refractivity contribution in [1.82, 2.24) is 0 Å². The lowest BCUT2D eigenvalue weighted by Gasteiger charge is -2.06. The van der Waals surface area contributed by atoms with E-state index in [9.17, 15) is 14.5 Å². The minimum Gasteiger partial charge on any atom is -0.450 e. The Balaban J connectivity index is 2.31. The lowest BCUT2D eigenvalue weighted by atomic mass is 10.2. The monoisotopic (exact) mass is 281 g/mol. The van der Waals surface area contributed by atoms with Crippen LogP contribution in [0.15, 0.2) is 42.5 Å². The van der Waals surface area contributed by atoms with Crippen molar-refractivity contribution in [3.8, 4) is 11.5 Å². The average molecular weight is 282 g/mol. The summed E-state index contributed by atoms with van der Waals surface area (Å²) in [5.74, 6) is 0.00425. The number of rotatable bonds is 4. The molecule has 6 heteroatoms. The van der Waals surface area contributed by atoms with Gasteiger partial charge in [-0.3, -0.25) is 10.1 Å². The maximum atomic E-state index is 13.1. The lowest BCUT2D eigenvalue weighted by Crippen LogP contribution is -1.94. The molecule has 0 spiro atoms. The van der Waals surface area contributed by atoms with Crippen molar-refractivity contribution in [3.05, 3.63) is 64.0 Å². The normalized spacial score (nSPS) is 10.2. The van der Waals surface area contributed by atoms with Crippen molar-refractivity contribution in [2.75, 3.05) is 0 Å². The second kappa shape index (κ2) is 5.67. The largest absolute Gasteiger partial charge is 0.450 e. The second-order valence-corrected chi connectivity index (χ2v) is 4.02. The van der Waals surface area contributed by atoms with E-state index in [0.717, 1.165) is 23.8 Å². The number of benzene rings is 2. The lowest BCUT2D eigenvalue weighted by molar-refractivity contribution is -0.385. The molecular formula is C13H9ClFNO3. The molecule has 98 valence electrons. The van der Waals surface area contributed by atoms with Gasteiger partial charge in [0.15, 0.2) is 0 Å². The van der Waals surface area contributed by atoms with Gasteiger partial charge in [-0.15, -0.1) is 11.6 Å². The van der Waals surface area contributed by atoms with Gasteiger partial charge in [-0.05, 0) is 23.8 Å². The smallest absolute Gasteiger partial charge is 0.311 e. The van der Waals surface area contributed by atoms with Gasteiger partial charge < -0.3 is 4.74 Å². The fourth-order valence-electron chi connectivity index (χ4n) is 1.49. The van der Waals surface area contributed by atoms with Gasteiger partial charge in [0, 0.05) is 18.0 Å². The van der Waals surface area contributed by atoms with Crippen LogP contribution in [0.5, 0.6) is 11.5 Å². The van der Waals surface area contributed by atoms with Crippen molar-refractivity contribution in [3.63, 3.8) is 0 Å². The van der Waals surface area contributed by atoms with E-state index in [4.69, 9.17) is 16.3 Å². The second-order valence-electron chi connectivity index (χ2n) is 3.75. The zero-order chi connectivity index (χ0) is 13.8. The summed E-state index contributed by atoms with van der Waals surface area (Å²) in [6, 6.07) is 9.76. The molecule has 0 heterocycles. The van der Waals surface area contributed by atoms with E-state index in [1.165, 1.54) is 0 Å². The van der Waals surface area contributed by atoms with Crippen LogP contribution in [0.3, 0.4) is 0 Å². The van der Waals surface area contributed by atoms with E-state index in [1.54, 1.807) is 24.3 Å². The molecule has 0 fully saturated rings. The Labute approximate surface area is 113 Å². The van der Waals surface area contributed by atoms with Crippen LogP contribution in [0.4, 0.5) is 10.1 Å². The molecule has 0 aliphatic rings. The van der Waals surface area contributed by atoms with E-state index in [2.05, 4.69) is 0 Å². The predicted molar refractivity (Wildman–Crippen MR) is 69.1 cm³/mol. The molecule has 0 atom stereocenters. The molecular weight excluding hydrogens is 273 g/mol. The Morgan fingerprint density at radius 1 is 1.21 bits per heavy atom. The first-order valence-electron chi connectivity index (χ1n) is 5.37. The highest BCUT2D eigenvalue weighted by Crippen LogP contribution is 2.31. The fraction of sp³-hybridized carbons (Fsp3) is 0.0769. The molecule has 0 N–H and O–H groups in total. The van der Waals surface area contributed by atoms with Crippen LogP contribution in [0.1, 0.15) is 5.56 Å². The van der Waals surface area contributed by atoms with Gasteiger partial charge in [0.05, 0.1) is 4.92 Å². The molecule has 2 aromatic carbocycles. The van der Waals surface area contributed by atoms with Crippen LogP contribution >= 0.6 is 11.6 Å². The van der Waals surface area contributed by atoms with Gasteiger partial charge in [-0.25, -0.2) is 4.39 Å². The predicted octanol–water partition coefficient (Wildman–Crippen LogP) is 4.27. The van der Waals surface area contributed by atoms with Crippen molar-refractivity contribution >= 4 is 17.3 Å². The van der Waals surface area contributed by atoms with Gasteiger partial charge >= 0.3 is 5.69 Å². The molecule has 0 bridgehead atoms. The van der Waals surface area contributed by atoms with Crippen LogP contribution in [0.25, 0.3) is 0 Å². The first kappa shape index (κ1) is 13.3. The Morgan fingerprint density at radius 3 is 2.47 bits per heavy atom. The fourth-order valence-corrected chi connectivity index (χ4v) is 1.67. The molecule has 2 rings (SSSR count). The zero-order valence-corrected chi connectivity index (χ0v) is 10.4. The molecule has 19 heavy (non-hydrogen) atoms. The first-order chi connectivity index (χ1) is 9.10. The molecule has 2 aromatic rings. The zero-order valence-electron chi connectivity index (χ0n) is 9.68. The quantitative estimate of drug-likeness (QED) is 0.478. The van der Waals surface area contributed by atoms with E-state index in [-0.39, 0.29) is 11.4 Å². The molecule has 0 amide bonds. The summed E-state index contributed by atoms with van der Waals surface area (Å²) in [5.41, 5.74) is 0.602. The van der Waals surface area contributed by atoms with Gasteiger partial charge in [0.25, 0.3) is 0 Å². The number of hydrogen-bond acceptors (Lipinski definition) is 3. The highest BCUT2D eigenvalue weighted by atomic mass is 35.5. The minimum atomic E-state index is -0.623. The Kier molecular flexibility index (Phi) is 3.97. The summed E-state index contributed by atoms with van der Waals surface area (Å²) in [6.45, 7) is 0. The molecule has 0 unspecified atom stereocenters. The van der Waals surface area contributed by atoms with Crippen molar-refractivity contribution in [2.45, 2.75) is 5.88 Å². The molecule has 0 saturated carbocycles. The maximum absolute atomic E-state index is 13.1. The number of ether oxygens (including phenoxy) is 1. The number of halogens is 2. The SMILES string of the molecule is O=[N+]([O-])c1ccc(F)cc1Oc1ccc(CCl)cc1. The van der Waals surface area contributed by atoms with Crippen molar-refractivity contribution in [2.24, 2.45) is 0 Å². The number of nitro benzene ring substituents is 1. The third-order valence-corrected chi connectivity index (χ3v) is 2.73. The first-order valence-corrected chi connectivity index (χ1v) is 5.90. The average Bonchev–Trinajstić information content (AvgIpc) is 2.39. The highest BCUT2D eigenvalue weighted by Gasteiger charge is 2.16. The summed E-state index contributed by atoms with van der Waals surface area (Å²) in [5, 5.41) is 10.8. The van der Waals surface area contributed by atoms with Crippen LogP contribution in [0, 0.1) is 15.9 Å². The Bertz CT molecular complexity index is 601. The molecule has 0 aromatic heterocycles. The topological polar surface area (TPSA) is 52.4 Å². The maximum Gasteiger partial charge on any atom is 0.311 e. The Hall–Kier alpha value is -2.14. The summed E-state index contributed by atoms with van der Waals surface area (Å²) in [7, 11) is 0. The standard InChI is InChI=1S/C13H9ClFNO3/c14-8-9-1-4-11(5-2-9)19-13-7-10(15)3-6-12(13)16(17)18/h1-7H,8H2. The third kappa shape index (κ3) is 3.20. The summed E-state index contributed by atoms with van der Waals surface area (Å²) >= 11 is 5.65. The Morgan fingerprint density at radius 2 is 1.89 bits per heavy atom. The van der Waals surface area contributed by atoms with Crippen molar-refractivity contribution < 1.29 is 14.1 Å². The van der Waals surface area contributed by atoms with Crippen LogP contribution in [-0.2, 0) is 5.88 Å². The molecule has 4 nitrogen and oxygen atoms in total. The minimum absolute atomic E-state index is 0.136. The number of alkyl halides is 1. The van der Waals surface area contributed by atoms with E-state index in [1.807, 2.05) is 0 Å².